The number of amides is 2. The summed E-state index contributed by atoms with van der Waals surface area (Å²) in [6.45, 7) is 5.99. The molecule has 4 rings (SSSR count). The van der Waals surface area contributed by atoms with E-state index in [2.05, 4.69) is 29.5 Å². The van der Waals surface area contributed by atoms with Crippen LogP contribution in [-0.2, 0) is 16.1 Å². The number of ketones is 1. The number of ether oxygens (including phenoxy) is 1. The van der Waals surface area contributed by atoms with Crippen LogP contribution in [0, 0.1) is 5.92 Å². The second-order valence-corrected chi connectivity index (χ2v) is 9.75. The summed E-state index contributed by atoms with van der Waals surface area (Å²) in [5, 5.41) is 11.3. The highest BCUT2D eigenvalue weighted by Gasteiger charge is 2.33. The summed E-state index contributed by atoms with van der Waals surface area (Å²) in [5.41, 5.74) is 2.98. The summed E-state index contributed by atoms with van der Waals surface area (Å²) in [6, 6.07) is 20.2. The predicted octanol–water partition coefficient (Wildman–Crippen LogP) is 4.58. The molecule has 9 nitrogen and oxygen atoms in total. The largest absolute Gasteiger partial charge is 0.497 e. The van der Waals surface area contributed by atoms with E-state index in [1.165, 1.54) is 16.5 Å². The van der Waals surface area contributed by atoms with E-state index in [4.69, 9.17) is 4.74 Å². The third-order valence-electron chi connectivity index (χ3n) is 6.48. The topological polar surface area (TPSA) is 106 Å². The molecule has 1 atom stereocenters. The van der Waals surface area contributed by atoms with Crippen LogP contribution in [0.1, 0.15) is 49.2 Å². The molecule has 0 unspecified atom stereocenters. The van der Waals surface area contributed by atoms with Crippen LogP contribution in [-0.4, -0.2) is 46.2 Å². The Morgan fingerprint density at radius 3 is 2.31 bits per heavy atom. The number of anilines is 1. The zero-order valence-electron chi connectivity index (χ0n) is 22.6. The van der Waals surface area contributed by atoms with Crippen molar-refractivity contribution in [2.75, 3.05) is 18.6 Å². The van der Waals surface area contributed by atoms with Gasteiger partial charge >= 0.3 is 0 Å². The number of rotatable bonds is 11. The van der Waals surface area contributed by atoms with Gasteiger partial charge in [0.05, 0.1) is 12.6 Å². The summed E-state index contributed by atoms with van der Waals surface area (Å²) >= 11 is 0. The Hall–Kier alpha value is -4.53. The van der Waals surface area contributed by atoms with Crippen LogP contribution in [0.3, 0.4) is 0 Å². The monoisotopic (exact) mass is 527 g/mol. The van der Waals surface area contributed by atoms with Crippen LogP contribution in [0.25, 0.3) is 11.0 Å². The van der Waals surface area contributed by atoms with Crippen LogP contribution >= 0.6 is 0 Å². The minimum atomic E-state index is -0.978. The highest BCUT2D eigenvalue weighted by Crippen LogP contribution is 2.30. The molecular formula is C30H33N5O4. The predicted molar refractivity (Wildman–Crippen MR) is 150 cm³/mol. The summed E-state index contributed by atoms with van der Waals surface area (Å²) in [6.07, 6.45) is 0.799. The molecule has 0 fully saturated rings. The molecule has 2 amide bonds. The van der Waals surface area contributed by atoms with E-state index in [1.54, 1.807) is 55.6 Å². The average Bonchev–Trinajstić information content (AvgIpc) is 3.34. The quantitative estimate of drug-likeness (QED) is 0.286. The lowest BCUT2D eigenvalue weighted by Crippen LogP contribution is -2.45. The van der Waals surface area contributed by atoms with Gasteiger partial charge in [0.25, 0.3) is 0 Å². The summed E-state index contributed by atoms with van der Waals surface area (Å²) in [5.74, 6) is 0.277. The van der Waals surface area contributed by atoms with Gasteiger partial charge in [-0.2, -0.15) is 0 Å². The zero-order chi connectivity index (χ0) is 27.9. The van der Waals surface area contributed by atoms with Crippen molar-refractivity contribution in [1.29, 1.82) is 0 Å². The number of methoxy groups -OCH3 is 1. The van der Waals surface area contributed by atoms with Crippen LogP contribution < -0.4 is 15.0 Å². The maximum Gasteiger partial charge on any atom is 0.249 e. The first kappa shape index (κ1) is 27.5. The number of carbonyl (C=O) groups is 3. The fourth-order valence-corrected chi connectivity index (χ4v) is 4.32. The first-order valence-corrected chi connectivity index (χ1v) is 12.9. The van der Waals surface area contributed by atoms with Crippen molar-refractivity contribution in [3.8, 4) is 5.75 Å². The number of Topliss-reactive ketones (excluding diaryl/α,β-unsaturated/α-hetero) is 1. The molecule has 1 heterocycles. The molecule has 0 radical (unpaired) electrons. The standard InChI is InChI=1S/C30H33N5O4/c1-20(2)17-18-31-30(38)29(23-11-15-25(39-4)16-12-23)35(24-13-9-22(10-14-24)21(3)36)28(37)19-34-27-8-6-5-7-26(27)32-33-34/h5-16,20,29H,17-19H2,1-4H3,(H,31,38)/t29-/m1/s1. The van der Waals surface area contributed by atoms with Gasteiger partial charge in [0.2, 0.25) is 11.8 Å². The van der Waals surface area contributed by atoms with Gasteiger partial charge in [0.15, 0.2) is 5.78 Å². The minimum absolute atomic E-state index is 0.0911. The third kappa shape index (κ3) is 6.49. The molecule has 0 saturated heterocycles. The fraction of sp³-hybridized carbons (Fsp3) is 0.300. The fourth-order valence-electron chi connectivity index (χ4n) is 4.32. The molecule has 0 spiro atoms. The molecule has 0 aliphatic carbocycles. The van der Waals surface area contributed by atoms with Gasteiger partial charge in [-0.25, -0.2) is 4.68 Å². The van der Waals surface area contributed by atoms with Gasteiger partial charge in [-0.1, -0.05) is 43.3 Å². The number of hydrogen-bond donors (Lipinski definition) is 1. The lowest BCUT2D eigenvalue weighted by Gasteiger charge is -2.32. The summed E-state index contributed by atoms with van der Waals surface area (Å²) in [7, 11) is 1.57. The normalized spacial score (nSPS) is 11.8. The number of fused-ring (bicyclic) bond motifs is 1. The third-order valence-corrected chi connectivity index (χ3v) is 6.48. The Morgan fingerprint density at radius 1 is 0.974 bits per heavy atom. The first-order chi connectivity index (χ1) is 18.8. The molecule has 0 aliphatic rings. The molecule has 0 saturated carbocycles. The Bertz CT molecular complexity index is 1440. The number of carbonyl (C=O) groups excluding carboxylic acids is 3. The van der Waals surface area contributed by atoms with Gasteiger partial charge in [0, 0.05) is 17.8 Å². The SMILES string of the molecule is COc1ccc([C@H](C(=O)NCCC(C)C)N(C(=O)Cn2nnc3ccccc32)c2ccc(C(C)=O)cc2)cc1. The maximum atomic E-state index is 14.1. The lowest BCUT2D eigenvalue weighted by molar-refractivity contribution is -0.127. The van der Waals surface area contributed by atoms with Crippen molar-refractivity contribution in [2.24, 2.45) is 5.92 Å². The Labute approximate surface area is 227 Å². The van der Waals surface area contributed by atoms with Crippen molar-refractivity contribution >= 4 is 34.3 Å². The average molecular weight is 528 g/mol. The van der Waals surface area contributed by atoms with Crippen molar-refractivity contribution in [3.63, 3.8) is 0 Å². The second kappa shape index (κ2) is 12.3. The number of aromatic nitrogens is 3. The van der Waals surface area contributed by atoms with E-state index < -0.39 is 6.04 Å². The van der Waals surface area contributed by atoms with E-state index in [1.807, 2.05) is 24.3 Å². The molecule has 0 aliphatic heterocycles. The zero-order valence-corrected chi connectivity index (χ0v) is 22.6. The van der Waals surface area contributed by atoms with E-state index in [0.29, 0.717) is 46.1 Å². The van der Waals surface area contributed by atoms with Crippen LogP contribution in [0.15, 0.2) is 72.8 Å². The van der Waals surface area contributed by atoms with E-state index in [-0.39, 0.29) is 24.1 Å². The van der Waals surface area contributed by atoms with Gasteiger partial charge in [0.1, 0.15) is 23.9 Å². The molecule has 0 bridgehead atoms. The van der Waals surface area contributed by atoms with Crippen molar-refractivity contribution in [2.45, 2.75) is 39.8 Å². The highest BCUT2D eigenvalue weighted by molar-refractivity contribution is 6.02. The molecular weight excluding hydrogens is 494 g/mol. The van der Waals surface area contributed by atoms with Crippen LogP contribution in [0.2, 0.25) is 0 Å². The van der Waals surface area contributed by atoms with Crippen LogP contribution in [0.5, 0.6) is 5.75 Å². The van der Waals surface area contributed by atoms with Crippen molar-refractivity contribution < 1.29 is 19.1 Å². The molecule has 1 N–H and O–H groups in total. The van der Waals surface area contributed by atoms with Gasteiger partial charge in [-0.05, 0) is 73.4 Å². The Kier molecular flexibility index (Phi) is 8.70. The van der Waals surface area contributed by atoms with Gasteiger partial charge in [-0.3, -0.25) is 19.3 Å². The second-order valence-electron chi connectivity index (χ2n) is 9.75. The molecule has 202 valence electrons. The first-order valence-electron chi connectivity index (χ1n) is 12.9. The number of nitrogens with zero attached hydrogens (tertiary/aromatic N) is 4. The van der Waals surface area contributed by atoms with E-state index in [0.717, 1.165) is 6.42 Å². The summed E-state index contributed by atoms with van der Waals surface area (Å²) in [4.78, 5) is 41.2. The molecule has 4 aromatic rings. The minimum Gasteiger partial charge on any atom is -0.497 e. The van der Waals surface area contributed by atoms with Crippen LogP contribution in [0.4, 0.5) is 5.69 Å². The molecule has 9 heteroatoms. The molecule has 1 aromatic heterocycles. The highest BCUT2D eigenvalue weighted by atomic mass is 16.5. The number of hydrogen-bond acceptors (Lipinski definition) is 6. The molecule has 39 heavy (non-hydrogen) atoms. The summed E-state index contributed by atoms with van der Waals surface area (Å²) < 4.78 is 6.83. The van der Waals surface area contributed by atoms with E-state index in [9.17, 15) is 14.4 Å². The van der Waals surface area contributed by atoms with Gasteiger partial charge < -0.3 is 10.1 Å². The Morgan fingerprint density at radius 2 is 1.67 bits per heavy atom. The number of benzene rings is 3. The number of nitrogens with one attached hydrogen (secondary N) is 1. The smallest absolute Gasteiger partial charge is 0.249 e. The number of para-hydroxylation sites is 1. The Balaban J connectivity index is 1.78. The lowest BCUT2D eigenvalue weighted by atomic mass is 10.0. The van der Waals surface area contributed by atoms with E-state index >= 15 is 0 Å². The van der Waals surface area contributed by atoms with Crippen molar-refractivity contribution in [3.05, 3.63) is 83.9 Å². The molecule has 3 aromatic carbocycles. The maximum absolute atomic E-state index is 14.1. The van der Waals surface area contributed by atoms with Crippen molar-refractivity contribution in [1.82, 2.24) is 20.3 Å². The van der Waals surface area contributed by atoms with Gasteiger partial charge in [-0.15, -0.1) is 5.10 Å².